The van der Waals surface area contributed by atoms with E-state index in [1.165, 1.54) is 53.7 Å². The van der Waals surface area contributed by atoms with E-state index >= 15 is 0 Å². The minimum atomic E-state index is -1.23. The fraction of sp³-hybridized carbons (Fsp3) is 0.167. The van der Waals surface area contributed by atoms with Gasteiger partial charge in [-0.25, -0.2) is 23.3 Å². The summed E-state index contributed by atoms with van der Waals surface area (Å²) in [7, 11) is 1.29. The van der Waals surface area contributed by atoms with Crippen molar-refractivity contribution in [2.45, 2.75) is 25.9 Å². The van der Waals surface area contributed by atoms with Gasteiger partial charge in [0.25, 0.3) is 5.91 Å². The van der Waals surface area contributed by atoms with Gasteiger partial charge in [-0.3, -0.25) is 4.79 Å². The number of methoxy groups -OCH3 is 1. The van der Waals surface area contributed by atoms with Crippen LogP contribution in [0.15, 0.2) is 78.2 Å². The maximum atomic E-state index is 14.6. The molecule has 1 fully saturated rings. The van der Waals surface area contributed by atoms with E-state index in [1.807, 2.05) is 5.38 Å². The molecule has 3 aromatic carbocycles. The summed E-state index contributed by atoms with van der Waals surface area (Å²) in [6, 6.07) is 17.7. The second kappa shape index (κ2) is 10.5. The van der Waals surface area contributed by atoms with E-state index in [-0.39, 0.29) is 12.2 Å². The second-order valence-electron chi connectivity index (χ2n) is 9.71. The number of rotatable bonds is 7. The van der Waals surface area contributed by atoms with Crippen molar-refractivity contribution in [1.82, 2.24) is 4.90 Å². The van der Waals surface area contributed by atoms with Gasteiger partial charge in [0, 0.05) is 21.8 Å². The number of imide groups is 1. The first kappa shape index (κ1) is 27.0. The number of anilines is 3. The van der Waals surface area contributed by atoms with Crippen LogP contribution >= 0.6 is 11.3 Å². The van der Waals surface area contributed by atoms with Gasteiger partial charge >= 0.3 is 12.0 Å². The quantitative estimate of drug-likeness (QED) is 0.195. The fourth-order valence-electron chi connectivity index (χ4n) is 4.54. The van der Waals surface area contributed by atoms with Crippen LogP contribution in [0, 0.1) is 11.6 Å². The van der Waals surface area contributed by atoms with Crippen molar-refractivity contribution in [3.05, 3.63) is 101 Å². The highest BCUT2D eigenvalue weighted by atomic mass is 32.1. The van der Waals surface area contributed by atoms with Gasteiger partial charge < -0.3 is 15.0 Å². The Balaban J connectivity index is 1.44. The van der Waals surface area contributed by atoms with E-state index in [0.717, 1.165) is 4.90 Å². The average Bonchev–Trinajstić information content (AvgIpc) is 3.53. The summed E-state index contributed by atoms with van der Waals surface area (Å²) in [4.78, 5) is 42.1. The number of urea groups is 1. The Kier molecular flexibility index (Phi) is 7.12. The molecule has 4 aromatic rings. The predicted molar refractivity (Wildman–Crippen MR) is 150 cm³/mol. The summed E-state index contributed by atoms with van der Waals surface area (Å²) in [5, 5.41) is 4.95. The Labute approximate surface area is 233 Å². The van der Waals surface area contributed by atoms with Crippen molar-refractivity contribution < 1.29 is 27.9 Å². The largest absolute Gasteiger partial charge is 0.465 e. The molecule has 40 heavy (non-hydrogen) atoms. The number of esters is 1. The van der Waals surface area contributed by atoms with Crippen LogP contribution in [-0.2, 0) is 16.1 Å². The third-order valence-corrected chi connectivity index (χ3v) is 7.71. The van der Waals surface area contributed by atoms with E-state index in [0.29, 0.717) is 32.9 Å². The zero-order chi connectivity index (χ0) is 28.6. The molecule has 3 amide bonds. The molecule has 1 saturated heterocycles. The predicted octanol–water partition coefficient (Wildman–Crippen LogP) is 6.97. The van der Waals surface area contributed by atoms with Crippen LogP contribution in [0.3, 0.4) is 0 Å². The van der Waals surface area contributed by atoms with Crippen LogP contribution in [-0.4, -0.2) is 35.5 Å². The highest BCUT2D eigenvalue weighted by Gasteiger charge is 2.52. The highest BCUT2D eigenvalue weighted by Crippen LogP contribution is 2.37. The Bertz CT molecular complexity index is 1600. The number of hydrogen-bond acceptors (Lipinski definition) is 6. The number of carbonyl (C=O) groups excluding carboxylic acids is 3. The van der Waals surface area contributed by atoms with Gasteiger partial charge in [-0.1, -0.05) is 12.1 Å². The van der Waals surface area contributed by atoms with Crippen molar-refractivity contribution in [2.75, 3.05) is 17.3 Å². The van der Waals surface area contributed by atoms with Crippen molar-refractivity contribution in [3.63, 3.8) is 0 Å². The molecule has 5 rings (SSSR count). The number of halogens is 2. The number of amides is 3. The number of thiophene rings is 1. The maximum absolute atomic E-state index is 14.6. The lowest BCUT2D eigenvalue weighted by atomic mass is 10.0. The van der Waals surface area contributed by atoms with Gasteiger partial charge in [0.05, 0.1) is 24.9 Å². The lowest BCUT2D eigenvalue weighted by Crippen LogP contribution is -2.43. The third-order valence-electron chi connectivity index (χ3n) is 6.80. The smallest absolute Gasteiger partial charge is 0.337 e. The lowest BCUT2D eigenvalue weighted by molar-refractivity contribution is -0.123. The molecule has 0 radical (unpaired) electrons. The fourth-order valence-corrected chi connectivity index (χ4v) is 5.28. The minimum Gasteiger partial charge on any atom is -0.465 e. The van der Waals surface area contributed by atoms with Gasteiger partial charge in [0.1, 0.15) is 17.2 Å². The summed E-state index contributed by atoms with van der Waals surface area (Å²) in [5.41, 5.74) is 1.22. The van der Waals surface area contributed by atoms with E-state index in [9.17, 15) is 23.2 Å². The van der Waals surface area contributed by atoms with Gasteiger partial charge in [0.15, 0.2) is 0 Å². The van der Waals surface area contributed by atoms with Crippen molar-refractivity contribution in [2.24, 2.45) is 0 Å². The number of nitrogens with zero attached hydrogens (tertiary/aromatic N) is 2. The molecule has 1 aliphatic rings. The van der Waals surface area contributed by atoms with Crippen molar-refractivity contribution in [1.29, 1.82) is 0 Å². The number of nitrogens with one attached hydrogen (secondary N) is 1. The number of hydrogen-bond donors (Lipinski definition) is 1. The number of carbonyl (C=O) groups is 3. The Morgan fingerprint density at radius 3 is 2.42 bits per heavy atom. The first-order valence-corrected chi connectivity index (χ1v) is 13.2. The molecule has 7 nitrogen and oxygen atoms in total. The van der Waals surface area contributed by atoms with E-state index < -0.39 is 35.1 Å². The highest BCUT2D eigenvalue weighted by molar-refractivity contribution is 7.13. The molecule has 1 aromatic heterocycles. The molecule has 1 aliphatic heterocycles. The standard InChI is InChI=1S/C30H25F2N3O4S/c1-30(2)28(37)35(22-12-13-24(32)23(16-22)26-5-4-14-40-26)29(38)34(30)17-19-6-9-20(31)15-25(19)33-21-10-7-18(8-11-21)27(36)39-3/h4-16,33H,17H2,1-3H3. The van der Waals surface area contributed by atoms with Gasteiger partial charge in [0.2, 0.25) is 0 Å². The SMILES string of the molecule is COC(=O)c1ccc(Nc2cc(F)ccc2CN2C(=O)N(c3ccc(F)c(-c4cccs4)c3)C(=O)C2(C)C)cc1. The first-order valence-electron chi connectivity index (χ1n) is 12.3. The van der Waals surface area contributed by atoms with Crippen LogP contribution in [0.2, 0.25) is 0 Å². The number of ether oxygens (including phenoxy) is 1. The Morgan fingerprint density at radius 1 is 1.00 bits per heavy atom. The van der Waals surface area contributed by atoms with E-state index in [4.69, 9.17) is 4.74 Å². The van der Waals surface area contributed by atoms with Crippen LogP contribution in [0.1, 0.15) is 29.8 Å². The van der Waals surface area contributed by atoms with Gasteiger partial charge in [-0.2, -0.15) is 0 Å². The first-order chi connectivity index (χ1) is 19.1. The molecule has 204 valence electrons. The van der Waals surface area contributed by atoms with Gasteiger partial charge in [-0.15, -0.1) is 11.3 Å². The van der Waals surface area contributed by atoms with Crippen molar-refractivity contribution >= 4 is 46.3 Å². The van der Waals surface area contributed by atoms with Crippen LogP contribution in [0.25, 0.3) is 10.4 Å². The molecule has 0 saturated carbocycles. The molecular weight excluding hydrogens is 536 g/mol. The monoisotopic (exact) mass is 561 g/mol. The summed E-state index contributed by atoms with van der Waals surface area (Å²) in [6.45, 7) is 3.27. The van der Waals surface area contributed by atoms with Crippen LogP contribution in [0.4, 0.5) is 30.6 Å². The Hall–Kier alpha value is -4.57. The van der Waals surface area contributed by atoms with Crippen molar-refractivity contribution in [3.8, 4) is 10.4 Å². The molecule has 0 atom stereocenters. The number of benzene rings is 3. The molecule has 2 heterocycles. The average molecular weight is 562 g/mol. The molecular formula is C30H25F2N3O4S. The molecule has 0 spiro atoms. The zero-order valence-electron chi connectivity index (χ0n) is 21.9. The maximum Gasteiger partial charge on any atom is 0.337 e. The topological polar surface area (TPSA) is 79.0 Å². The van der Waals surface area contributed by atoms with Crippen LogP contribution < -0.4 is 10.2 Å². The molecule has 10 heteroatoms. The Morgan fingerprint density at radius 2 is 1.75 bits per heavy atom. The van der Waals surface area contributed by atoms with Crippen LogP contribution in [0.5, 0.6) is 0 Å². The minimum absolute atomic E-state index is 0.00406. The second-order valence-corrected chi connectivity index (χ2v) is 10.7. The summed E-state index contributed by atoms with van der Waals surface area (Å²) < 4.78 is 33.6. The molecule has 0 bridgehead atoms. The lowest BCUT2D eigenvalue weighted by Gasteiger charge is -2.28. The summed E-state index contributed by atoms with van der Waals surface area (Å²) >= 11 is 1.35. The molecule has 1 N–H and O–H groups in total. The van der Waals surface area contributed by atoms with Gasteiger partial charge in [-0.05, 0) is 85.5 Å². The summed E-state index contributed by atoms with van der Waals surface area (Å²) in [6.07, 6.45) is 0. The normalized spacial score (nSPS) is 14.5. The molecule has 0 unspecified atom stereocenters. The van der Waals surface area contributed by atoms with E-state index in [1.54, 1.807) is 56.3 Å². The van der Waals surface area contributed by atoms with E-state index in [2.05, 4.69) is 5.32 Å². The zero-order valence-corrected chi connectivity index (χ0v) is 22.7. The third kappa shape index (κ3) is 4.93. The molecule has 0 aliphatic carbocycles. The summed E-state index contributed by atoms with van der Waals surface area (Å²) in [5.74, 6) is -1.89.